The molecular formula is C19H22N2O. The lowest BCUT2D eigenvalue weighted by molar-refractivity contribution is 0.0908. The van der Waals surface area contributed by atoms with Gasteiger partial charge in [-0.25, -0.2) is 0 Å². The number of nitrogens with zero attached hydrogens (tertiary/aromatic N) is 2. The SMILES string of the molecule is CC(C)N(Cc1ccccc1)CC(O)c1ccc(C#N)cc1. The Balaban J connectivity index is 2.05. The van der Waals surface area contributed by atoms with E-state index in [4.69, 9.17) is 5.26 Å². The molecule has 2 aromatic carbocycles. The van der Waals surface area contributed by atoms with Crippen molar-refractivity contribution in [1.82, 2.24) is 4.90 Å². The van der Waals surface area contributed by atoms with E-state index in [2.05, 4.69) is 36.9 Å². The van der Waals surface area contributed by atoms with Gasteiger partial charge in [-0.05, 0) is 37.1 Å². The summed E-state index contributed by atoms with van der Waals surface area (Å²) in [6, 6.07) is 19.8. The van der Waals surface area contributed by atoms with Gasteiger partial charge in [-0.1, -0.05) is 42.5 Å². The lowest BCUT2D eigenvalue weighted by atomic mass is 10.1. The maximum atomic E-state index is 10.5. The molecule has 22 heavy (non-hydrogen) atoms. The van der Waals surface area contributed by atoms with Crippen molar-refractivity contribution in [1.29, 1.82) is 5.26 Å². The van der Waals surface area contributed by atoms with E-state index in [0.717, 1.165) is 12.1 Å². The third-order valence-corrected chi connectivity index (χ3v) is 3.79. The lowest BCUT2D eigenvalue weighted by Gasteiger charge is -2.29. The molecule has 0 spiro atoms. The lowest BCUT2D eigenvalue weighted by Crippen LogP contribution is -2.34. The van der Waals surface area contributed by atoms with Crippen LogP contribution in [0.2, 0.25) is 0 Å². The Hall–Kier alpha value is -2.15. The number of nitriles is 1. The van der Waals surface area contributed by atoms with Gasteiger partial charge in [0.05, 0.1) is 17.7 Å². The fraction of sp³-hybridized carbons (Fsp3) is 0.316. The van der Waals surface area contributed by atoms with Gasteiger partial charge in [0.25, 0.3) is 0 Å². The molecule has 0 heterocycles. The summed E-state index contributed by atoms with van der Waals surface area (Å²) in [7, 11) is 0. The van der Waals surface area contributed by atoms with Gasteiger partial charge in [0.15, 0.2) is 0 Å². The van der Waals surface area contributed by atoms with Gasteiger partial charge in [-0.15, -0.1) is 0 Å². The van der Waals surface area contributed by atoms with E-state index in [1.54, 1.807) is 12.1 Å². The average Bonchev–Trinajstić information content (AvgIpc) is 2.55. The second-order valence-corrected chi connectivity index (χ2v) is 5.76. The van der Waals surface area contributed by atoms with Crippen molar-refractivity contribution in [3.63, 3.8) is 0 Å². The molecule has 0 amide bonds. The van der Waals surface area contributed by atoms with Crippen molar-refractivity contribution >= 4 is 0 Å². The molecule has 1 atom stereocenters. The van der Waals surface area contributed by atoms with Gasteiger partial charge < -0.3 is 5.11 Å². The van der Waals surface area contributed by atoms with Gasteiger partial charge in [0.2, 0.25) is 0 Å². The minimum absolute atomic E-state index is 0.341. The van der Waals surface area contributed by atoms with Gasteiger partial charge in [-0.2, -0.15) is 5.26 Å². The van der Waals surface area contributed by atoms with E-state index in [1.165, 1.54) is 5.56 Å². The monoisotopic (exact) mass is 294 g/mol. The Labute approximate surface area is 132 Å². The highest BCUT2D eigenvalue weighted by atomic mass is 16.3. The van der Waals surface area contributed by atoms with Crippen LogP contribution < -0.4 is 0 Å². The number of hydrogen-bond donors (Lipinski definition) is 1. The largest absolute Gasteiger partial charge is 0.387 e. The fourth-order valence-electron chi connectivity index (χ4n) is 2.38. The Morgan fingerprint density at radius 3 is 2.23 bits per heavy atom. The molecule has 0 fully saturated rings. The van der Waals surface area contributed by atoms with E-state index < -0.39 is 6.10 Å². The number of benzene rings is 2. The summed E-state index contributed by atoms with van der Waals surface area (Å²) >= 11 is 0. The fourth-order valence-corrected chi connectivity index (χ4v) is 2.38. The van der Waals surface area contributed by atoms with Crippen molar-refractivity contribution < 1.29 is 5.11 Å². The zero-order chi connectivity index (χ0) is 15.9. The molecule has 3 nitrogen and oxygen atoms in total. The molecule has 114 valence electrons. The molecular weight excluding hydrogens is 272 g/mol. The first kappa shape index (κ1) is 16.2. The molecule has 2 aromatic rings. The van der Waals surface area contributed by atoms with Crippen molar-refractivity contribution in [2.45, 2.75) is 32.5 Å². The highest BCUT2D eigenvalue weighted by Crippen LogP contribution is 2.18. The van der Waals surface area contributed by atoms with Crippen molar-refractivity contribution in [3.8, 4) is 6.07 Å². The van der Waals surface area contributed by atoms with E-state index in [9.17, 15) is 5.11 Å². The molecule has 0 saturated heterocycles. The van der Waals surface area contributed by atoms with Gasteiger partial charge in [-0.3, -0.25) is 4.90 Å². The van der Waals surface area contributed by atoms with Crippen LogP contribution in [-0.4, -0.2) is 22.6 Å². The molecule has 0 aromatic heterocycles. The molecule has 0 aliphatic carbocycles. The van der Waals surface area contributed by atoms with E-state index in [0.29, 0.717) is 18.2 Å². The van der Waals surface area contributed by atoms with Crippen LogP contribution in [0.3, 0.4) is 0 Å². The molecule has 2 rings (SSSR count). The molecule has 0 aliphatic heterocycles. The molecule has 3 heteroatoms. The minimum atomic E-state index is -0.557. The van der Waals surface area contributed by atoms with Crippen LogP contribution in [0.15, 0.2) is 54.6 Å². The quantitative estimate of drug-likeness (QED) is 0.887. The summed E-state index contributed by atoms with van der Waals surface area (Å²) in [5, 5.41) is 19.3. The summed E-state index contributed by atoms with van der Waals surface area (Å²) in [4.78, 5) is 2.25. The van der Waals surface area contributed by atoms with Crippen LogP contribution in [0.25, 0.3) is 0 Å². The third-order valence-electron chi connectivity index (χ3n) is 3.79. The zero-order valence-electron chi connectivity index (χ0n) is 13.1. The van der Waals surface area contributed by atoms with Crippen LogP contribution >= 0.6 is 0 Å². The normalized spacial score (nSPS) is 12.4. The molecule has 0 aliphatic rings. The predicted molar refractivity (Wildman–Crippen MR) is 88.1 cm³/mol. The van der Waals surface area contributed by atoms with Crippen LogP contribution in [0.1, 0.15) is 36.6 Å². The highest BCUT2D eigenvalue weighted by molar-refractivity contribution is 5.32. The second-order valence-electron chi connectivity index (χ2n) is 5.76. The van der Waals surface area contributed by atoms with Gasteiger partial charge in [0.1, 0.15) is 0 Å². The van der Waals surface area contributed by atoms with Crippen LogP contribution in [0.4, 0.5) is 0 Å². The maximum Gasteiger partial charge on any atom is 0.0991 e. The summed E-state index contributed by atoms with van der Waals surface area (Å²) in [5.41, 5.74) is 2.70. The van der Waals surface area contributed by atoms with E-state index in [1.807, 2.05) is 30.3 Å². The molecule has 0 bridgehead atoms. The predicted octanol–water partition coefficient (Wildman–Crippen LogP) is 3.50. The first-order valence-corrected chi connectivity index (χ1v) is 7.56. The summed E-state index contributed by atoms with van der Waals surface area (Å²) in [6.07, 6.45) is -0.557. The summed E-state index contributed by atoms with van der Waals surface area (Å²) in [6.45, 7) is 5.65. The molecule has 0 saturated carbocycles. The number of aliphatic hydroxyl groups is 1. The van der Waals surface area contributed by atoms with Crippen molar-refractivity contribution in [2.24, 2.45) is 0 Å². The maximum absolute atomic E-state index is 10.5. The van der Waals surface area contributed by atoms with E-state index >= 15 is 0 Å². The summed E-state index contributed by atoms with van der Waals surface area (Å²) < 4.78 is 0. The van der Waals surface area contributed by atoms with Crippen molar-refractivity contribution in [3.05, 3.63) is 71.3 Å². The Morgan fingerprint density at radius 1 is 1.05 bits per heavy atom. The molecule has 0 radical (unpaired) electrons. The van der Waals surface area contributed by atoms with Crippen molar-refractivity contribution in [2.75, 3.05) is 6.54 Å². The number of hydrogen-bond acceptors (Lipinski definition) is 3. The molecule has 1 N–H and O–H groups in total. The minimum Gasteiger partial charge on any atom is -0.387 e. The Kier molecular flexibility index (Phi) is 5.71. The Bertz CT molecular complexity index is 614. The third kappa shape index (κ3) is 4.42. The topological polar surface area (TPSA) is 47.3 Å². The van der Waals surface area contributed by atoms with Gasteiger partial charge >= 0.3 is 0 Å². The zero-order valence-corrected chi connectivity index (χ0v) is 13.1. The number of rotatable bonds is 6. The Morgan fingerprint density at radius 2 is 1.68 bits per heavy atom. The first-order chi connectivity index (χ1) is 10.6. The highest BCUT2D eigenvalue weighted by Gasteiger charge is 2.16. The standard InChI is InChI=1S/C19H22N2O/c1-15(2)21(13-17-6-4-3-5-7-17)14-19(22)18-10-8-16(12-20)9-11-18/h3-11,15,19,22H,13-14H2,1-2H3. The van der Waals surface area contributed by atoms with Crippen LogP contribution in [-0.2, 0) is 6.54 Å². The average molecular weight is 294 g/mol. The van der Waals surface area contributed by atoms with E-state index in [-0.39, 0.29) is 0 Å². The molecule has 1 unspecified atom stereocenters. The van der Waals surface area contributed by atoms with Crippen LogP contribution in [0.5, 0.6) is 0 Å². The summed E-state index contributed by atoms with van der Waals surface area (Å²) in [5.74, 6) is 0. The second kappa shape index (κ2) is 7.74. The van der Waals surface area contributed by atoms with Gasteiger partial charge in [0, 0.05) is 19.1 Å². The first-order valence-electron chi connectivity index (χ1n) is 7.56. The number of aliphatic hydroxyl groups excluding tert-OH is 1. The van der Waals surface area contributed by atoms with Crippen LogP contribution in [0, 0.1) is 11.3 Å². The smallest absolute Gasteiger partial charge is 0.0991 e.